The molecule has 2 heterocycles. The van der Waals surface area contributed by atoms with Gasteiger partial charge in [0.15, 0.2) is 5.96 Å². The van der Waals surface area contributed by atoms with Crippen LogP contribution in [0.3, 0.4) is 0 Å². The van der Waals surface area contributed by atoms with E-state index in [9.17, 15) is 68.1 Å². The summed E-state index contributed by atoms with van der Waals surface area (Å²) in [4.78, 5) is 154. The Bertz CT molecular complexity index is 2870. The number of hydrogen-bond acceptors (Lipinski definition) is 15. The molecule has 0 radical (unpaired) electrons. The van der Waals surface area contributed by atoms with Crippen LogP contribution in [0.2, 0.25) is 0 Å². The zero-order valence-electron chi connectivity index (χ0n) is 47.6. The van der Waals surface area contributed by atoms with Gasteiger partial charge in [-0.2, -0.15) is 0 Å². The number of aromatic hydroxyl groups is 2. The van der Waals surface area contributed by atoms with Gasteiger partial charge in [-0.25, -0.2) is 0 Å². The molecule has 0 aliphatic carbocycles. The molecule has 0 aromatic heterocycles. The quantitative estimate of drug-likeness (QED) is 0.0169. The van der Waals surface area contributed by atoms with Crippen LogP contribution >= 0.6 is 0 Å². The summed E-state index contributed by atoms with van der Waals surface area (Å²) in [6.45, 7) is 3.64. The minimum Gasteiger partial charge on any atom is -0.508 e. The maximum atomic E-state index is 14.3. The Morgan fingerprint density at radius 3 is 1.62 bits per heavy atom. The molecule has 5 rings (SSSR count). The molecule has 85 heavy (non-hydrogen) atoms. The minimum absolute atomic E-state index is 0.00872. The van der Waals surface area contributed by atoms with Crippen molar-refractivity contribution in [2.24, 2.45) is 28.1 Å². The van der Waals surface area contributed by atoms with Crippen LogP contribution in [0.15, 0.2) is 83.9 Å². The van der Waals surface area contributed by atoms with Crippen LogP contribution in [0.4, 0.5) is 0 Å². The second-order valence-electron chi connectivity index (χ2n) is 21.3. The molecule has 28 heteroatoms. The number of primary amides is 1. The molecule has 9 atom stereocenters. The first-order chi connectivity index (χ1) is 40.4. The third kappa shape index (κ3) is 21.4. The van der Waals surface area contributed by atoms with Gasteiger partial charge in [0.25, 0.3) is 0 Å². The van der Waals surface area contributed by atoms with Crippen LogP contribution in [0, 0.1) is 5.92 Å². The number of phenolic OH excluding ortho intramolecular Hbond substituents is 2. The molecule has 3 aromatic rings. The number of nitrogens with one attached hydrogen (secondary N) is 9. The third-order valence-corrected chi connectivity index (χ3v) is 14.0. The fourth-order valence-electron chi connectivity index (χ4n) is 9.51. The maximum Gasteiger partial charge on any atom is 0.245 e. The van der Waals surface area contributed by atoms with E-state index in [1.54, 1.807) is 44.2 Å². The fourth-order valence-corrected chi connectivity index (χ4v) is 9.51. The van der Waals surface area contributed by atoms with Crippen molar-refractivity contribution in [1.29, 1.82) is 0 Å². The number of amides is 11. The van der Waals surface area contributed by atoms with E-state index in [0.717, 1.165) is 0 Å². The molecule has 2 aliphatic rings. The Balaban J connectivity index is 1.33. The van der Waals surface area contributed by atoms with E-state index < -0.39 is 127 Å². The van der Waals surface area contributed by atoms with Gasteiger partial charge >= 0.3 is 0 Å². The first-order valence-electron chi connectivity index (χ1n) is 28.0. The van der Waals surface area contributed by atoms with Crippen molar-refractivity contribution in [1.82, 2.24) is 52.8 Å². The van der Waals surface area contributed by atoms with Crippen LogP contribution < -0.4 is 65.1 Å². The molecular weight excluding hydrogens is 1100 g/mol. The van der Waals surface area contributed by atoms with Crippen LogP contribution in [0.5, 0.6) is 11.5 Å². The number of hydrogen-bond donors (Lipinski definition) is 15. The summed E-state index contributed by atoms with van der Waals surface area (Å²) in [6.07, 6.45) is 0.755. The number of aliphatic hydroxyl groups is 1. The number of rotatable bonds is 31. The lowest BCUT2D eigenvalue weighted by Gasteiger charge is -2.30. The summed E-state index contributed by atoms with van der Waals surface area (Å²) in [5.41, 5.74) is 17.7. The highest BCUT2D eigenvalue weighted by Gasteiger charge is 2.40. The van der Waals surface area contributed by atoms with E-state index in [-0.39, 0.29) is 100 Å². The largest absolute Gasteiger partial charge is 0.508 e. The summed E-state index contributed by atoms with van der Waals surface area (Å²) >= 11 is 0. The van der Waals surface area contributed by atoms with Crippen molar-refractivity contribution in [2.75, 3.05) is 26.2 Å². The smallest absolute Gasteiger partial charge is 0.245 e. The Labute approximate surface area is 491 Å². The molecule has 28 nitrogen and oxygen atoms in total. The van der Waals surface area contributed by atoms with Gasteiger partial charge in [0.1, 0.15) is 65.9 Å². The highest BCUT2D eigenvalue weighted by atomic mass is 16.3. The molecule has 460 valence electrons. The van der Waals surface area contributed by atoms with Gasteiger partial charge in [-0.3, -0.25) is 57.7 Å². The standard InChI is InChI=1S/C57H78N14O14/c1-31(2)25-40(51(80)65-39(11-7-23-61-57(59)60)56(85)71-24-8-12-45(71)55(84)62-29-46(58)75)66-48(77)32(3)63-50(79)41(27-34-13-17-36(73)18-14-34)69-54(83)44(30-72)70-53(82)43(28-35-15-19-37(74)20-16-35)68-52(81)42(26-33-9-5-4-6-10-33)67-49(78)38-21-22-47(76)64-38/h4-6,9-10,13-20,31-32,38-45,72-74H,7-8,11-12,21-30H2,1-3H3,(H2,58,75)(H,62,84)(H,63,79)(H,64,76)(H,65,80)(H,66,77)(H,67,78)(H,68,81)(H,69,83)(H,70,82)(H4,59,60,61)/t32-,38+,39+,40+,41+,42-,43+,44+,45+/m1/s1. The molecule has 11 amide bonds. The van der Waals surface area contributed by atoms with Gasteiger partial charge in [-0.15, -0.1) is 0 Å². The summed E-state index contributed by atoms with van der Waals surface area (Å²) in [5.74, 6) is -9.06. The van der Waals surface area contributed by atoms with Crippen molar-refractivity contribution >= 4 is 70.9 Å². The Hall–Kier alpha value is -9.34. The molecule has 0 saturated carbocycles. The number of nitrogens with two attached hydrogens (primary N) is 3. The number of aliphatic imine (C=N–C) groups is 1. The van der Waals surface area contributed by atoms with Crippen molar-refractivity contribution in [3.8, 4) is 11.5 Å². The van der Waals surface area contributed by atoms with Crippen molar-refractivity contribution in [3.05, 3.63) is 95.6 Å². The second kappa shape index (κ2) is 32.5. The van der Waals surface area contributed by atoms with E-state index in [0.29, 0.717) is 23.1 Å². The number of nitrogens with zero attached hydrogens (tertiary/aromatic N) is 2. The second-order valence-corrected chi connectivity index (χ2v) is 21.3. The van der Waals surface area contributed by atoms with Gasteiger partial charge in [-0.1, -0.05) is 68.4 Å². The van der Waals surface area contributed by atoms with Gasteiger partial charge in [0.05, 0.1) is 13.2 Å². The van der Waals surface area contributed by atoms with Gasteiger partial charge < -0.3 is 85.3 Å². The van der Waals surface area contributed by atoms with Crippen LogP contribution in [0.1, 0.15) is 82.4 Å². The third-order valence-electron chi connectivity index (χ3n) is 14.0. The van der Waals surface area contributed by atoms with Crippen LogP contribution in [-0.2, 0) is 72.0 Å². The number of likely N-dealkylation sites (tertiary alicyclic amines) is 1. The predicted molar refractivity (Wildman–Crippen MR) is 308 cm³/mol. The molecule has 2 saturated heterocycles. The number of carbonyl (C=O) groups is 11. The molecule has 18 N–H and O–H groups in total. The molecule has 3 aromatic carbocycles. The van der Waals surface area contributed by atoms with E-state index in [2.05, 4.69) is 52.8 Å². The first kappa shape index (κ1) is 66.5. The Morgan fingerprint density at radius 1 is 0.612 bits per heavy atom. The van der Waals surface area contributed by atoms with Crippen molar-refractivity contribution in [2.45, 2.75) is 139 Å². The zero-order valence-corrected chi connectivity index (χ0v) is 47.6. The SMILES string of the molecule is CC(C)C[C@H](NC(=O)[C@@H](C)NC(=O)[C@H](Cc1ccc(O)cc1)NC(=O)[C@H](CO)NC(=O)[C@H](Cc1ccc(O)cc1)NC(=O)[C@@H](Cc1ccccc1)NC(=O)[C@@H]1CCC(=O)N1)C(=O)N[C@@H](CCCN=C(N)N)C(=O)N1CCC[C@H]1C(=O)NCC(N)=O. The summed E-state index contributed by atoms with van der Waals surface area (Å²) in [6, 6.07) is 8.06. The summed E-state index contributed by atoms with van der Waals surface area (Å²) in [5, 5.41) is 53.8. The topological polar surface area (TPSA) is 450 Å². The number of phenols is 2. The lowest BCUT2D eigenvalue weighted by molar-refractivity contribution is -0.142. The van der Waals surface area contributed by atoms with Crippen molar-refractivity contribution < 1.29 is 68.1 Å². The lowest BCUT2D eigenvalue weighted by Crippen LogP contribution is -2.61. The van der Waals surface area contributed by atoms with Gasteiger partial charge in [-0.05, 0) is 92.3 Å². The van der Waals surface area contributed by atoms with Crippen LogP contribution in [-0.4, -0.2) is 172 Å². The Kier molecular flexibility index (Phi) is 25.4. The van der Waals surface area contributed by atoms with Crippen molar-refractivity contribution in [3.63, 3.8) is 0 Å². The normalized spacial score (nSPS) is 17.0. The molecule has 0 unspecified atom stereocenters. The first-order valence-corrected chi connectivity index (χ1v) is 28.0. The van der Waals surface area contributed by atoms with E-state index >= 15 is 0 Å². The fraction of sp³-hybridized carbons (Fsp3) is 0.474. The monoisotopic (exact) mass is 1180 g/mol. The Morgan fingerprint density at radius 2 is 1.11 bits per heavy atom. The van der Waals surface area contributed by atoms with Gasteiger partial charge in [0, 0.05) is 38.8 Å². The molecular formula is C57H78N14O14. The number of aliphatic hydroxyl groups excluding tert-OH is 1. The lowest BCUT2D eigenvalue weighted by atomic mass is 10.0. The van der Waals surface area contributed by atoms with E-state index in [4.69, 9.17) is 17.2 Å². The summed E-state index contributed by atoms with van der Waals surface area (Å²) in [7, 11) is 0. The average molecular weight is 1180 g/mol. The van der Waals surface area contributed by atoms with Crippen LogP contribution in [0.25, 0.3) is 0 Å². The van der Waals surface area contributed by atoms with E-state index in [1.165, 1.54) is 60.4 Å². The molecule has 2 fully saturated rings. The van der Waals surface area contributed by atoms with Gasteiger partial charge in [0.2, 0.25) is 65.0 Å². The highest BCUT2D eigenvalue weighted by Crippen LogP contribution is 2.21. The van der Waals surface area contributed by atoms with E-state index in [1.807, 2.05) is 0 Å². The number of benzene rings is 3. The predicted octanol–water partition coefficient (Wildman–Crippen LogP) is -3.50. The number of guanidine groups is 1. The minimum atomic E-state index is -1.78. The zero-order chi connectivity index (χ0) is 62.3. The molecule has 0 bridgehead atoms. The molecule has 0 spiro atoms. The molecule has 2 aliphatic heterocycles. The highest BCUT2D eigenvalue weighted by molar-refractivity contribution is 5.99. The average Bonchev–Trinajstić information content (AvgIpc) is 4.22. The summed E-state index contributed by atoms with van der Waals surface area (Å²) < 4.78 is 0. The maximum absolute atomic E-state index is 14.3. The number of carbonyl (C=O) groups excluding carboxylic acids is 11.